The summed E-state index contributed by atoms with van der Waals surface area (Å²) >= 11 is 0. The molecule has 0 saturated carbocycles. The molecule has 0 aromatic carbocycles. The second-order valence-corrected chi connectivity index (χ2v) is 11.1. The van der Waals surface area contributed by atoms with Crippen LogP contribution in [0.2, 0.25) is 0 Å². The van der Waals surface area contributed by atoms with Gasteiger partial charge in [0, 0.05) is 29.5 Å². The third-order valence-electron chi connectivity index (χ3n) is 5.84. The summed E-state index contributed by atoms with van der Waals surface area (Å²) in [7, 11) is 0. The molecule has 180 valence electrons. The van der Waals surface area contributed by atoms with Gasteiger partial charge in [-0.3, -0.25) is 9.97 Å². The second-order valence-electron chi connectivity index (χ2n) is 11.1. The van der Waals surface area contributed by atoms with Crippen molar-refractivity contribution in [3.63, 3.8) is 0 Å². The number of nitrogens with zero attached hydrogens (tertiary/aromatic N) is 6. The van der Waals surface area contributed by atoms with Crippen molar-refractivity contribution in [1.82, 2.24) is 29.1 Å². The maximum atomic E-state index is 4.95. The minimum atomic E-state index is -0.410. The van der Waals surface area contributed by atoms with E-state index in [0.29, 0.717) is 0 Å². The summed E-state index contributed by atoms with van der Waals surface area (Å²) in [6.07, 6.45) is 10.1. The summed E-state index contributed by atoms with van der Waals surface area (Å²) in [6.45, 7) is 17.1. The van der Waals surface area contributed by atoms with Gasteiger partial charge in [0.25, 0.3) is 0 Å². The van der Waals surface area contributed by atoms with Crippen molar-refractivity contribution in [3.8, 4) is 11.6 Å². The van der Waals surface area contributed by atoms with Crippen LogP contribution in [0.15, 0.2) is 48.8 Å². The van der Waals surface area contributed by atoms with Crippen molar-refractivity contribution < 1.29 is 20.4 Å². The van der Waals surface area contributed by atoms with Gasteiger partial charge < -0.3 is 19.1 Å². The van der Waals surface area contributed by atoms with Crippen LogP contribution in [0.1, 0.15) is 78.2 Å². The summed E-state index contributed by atoms with van der Waals surface area (Å²) in [6, 6.07) is 12.1. The molecule has 0 bridgehead atoms. The predicted octanol–water partition coefficient (Wildman–Crippen LogP) is 5.37. The first-order chi connectivity index (χ1) is 15.4. The zero-order valence-electron chi connectivity index (χ0n) is 21.1. The number of hydrogen-bond acceptors (Lipinski definition) is 4. The average Bonchev–Trinajstić information content (AvgIpc) is 3.44. The molecule has 0 radical (unpaired) electrons. The normalized spacial score (nSPS) is 12.5. The number of pyridine rings is 2. The van der Waals surface area contributed by atoms with Crippen LogP contribution in [0.3, 0.4) is 0 Å². The van der Waals surface area contributed by atoms with Gasteiger partial charge in [0.05, 0.1) is 11.6 Å². The molecule has 0 amide bonds. The third-order valence-corrected chi connectivity index (χ3v) is 5.84. The molecular formula is C27H32N6Pd. The summed E-state index contributed by atoms with van der Waals surface area (Å²) in [5.74, 6) is 1.58. The fraction of sp³-hybridized carbons (Fsp3) is 0.407. The maximum absolute atomic E-state index is 4.95. The molecule has 4 heterocycles. The third kappa shape index (κ3) is 5.21. The van der Waals surface area contributed by atoms with Crippen LogP contribution in [0.4, 0.5) is 0 Å². The van der Waals surface area contributed by atoms with Crippen molar-refractivity contribution in [2.24, 2.45) is 0 Å². The standard InChI is InChI=1S/C27H32N6.Pd/c1-25(2,3)21-15-32(17-28-21)23-13-9-11-19(30-23)27(7,8)20-12-10-14-24(31-20)33-16-22(29-18-33)26(4,5)6;/h9-16H,1-8H3;/q-2;+2. The summed E-state index contributed by atoms with van der Waals surface area (Å²) in [5, 5.41) is 0. The quantitative estimate of drug-likeness (QED) is 0.255. The van der Waals surface area contributed by atoms with Crippen LogP contribution in [0.5, 0.6) is 0 Å². The molecule has 34 heavy (non-hydrogen) atoms. The Labute approximate surface area is 216 Å². The first-order valence-electron chi connectivity index (χ1n) is 11.3. The van der Waals surface area contributed by atoms with E-state index in [1.807, 2.05) is 57.9 Å². The van der Waals surface area contributed by atoms with E-state index < -0.39 is 5.41 Å². The van der Waals surface area contributed by atoms with Gasteiger partial charge in [-0.15, -0.1) is 0 Å². The van der Waals surface area contributed by atoms with Crippen LogP contribution in [0, 0.1) is 12.7 Å². The second kappa shape index (κ2) is 9.20. The van der Waals surface area contributed by atoms with E-state index in [1.165, 1.54) is 0 Å². The Kier molecular flexibility index (Phi) is 7.04. The van der Waals surface area contributed by atoms with Crippen molar-refractivity contribution >= 4 is 0 Å². The summed E-state index contributed by atoms with van der Waals surface area (Å²) < 4.78 is 3.72. The zero-order valence-corrected chi connectivity index (χ0v) is 22.7. The van der Waals surface area contributed by atoms with Gasteiger partial charge in [0.1, 0.15) is 0 Å². The molecule has 0 aliphatic heterocycles. The minimum Gasteiger partial charge on any atom is -0.418 e. The van der Waals surface area contributed by atoms with Gasteiger partial charge in [-0.1, -0.05) is 89.6 Å². The molecule has 7 heteroatoms. The van der Waals surface area contributed by atoms with E-state index in [1.54, 1.807) is 0 Å². The molecule has 0 aliphatic carbocycles. The Bertz CT molecular complexity index is 1170. The van der Waals surface area contributed by atoms with Crippen molar-refractivity contribution in [2.45, 2.75) is 71.6 Å². The van der Waals surface area contributed by atoms with Crippen molar-refractivity contribution in [3.05, 3.63) is 84.2 Å². The molecule has 4 aromatic rings. The first-order valence-corrected chi connectivity index (χ1v) is 11.3. The first kappa shape index (κ1) is 26.0. The van der Waals surface area contributed by atoms with Crippen LogP contribution in [-0.2, 0) is 36.7 Å². The molecule has 6 nitrogen and oxygen atoms in total. The SMILES string of the molecule is CC(C)(C)c1cn(-c2cccc(C(C)(C)c3cccc(-n4[c-]nc(C(C)(C)C)c4)n3)n2)[c-]n1.[Pd+2]. The van der Waals surface area contributed by atoms with Crippen LogP contribution >= 0.6 is 0 Å². The summed E-state index contributed by atoms with van der Waals surface area (Å²) in [5.41, 5.74) is 3.32. The molecule has 0 fully saturated rings. The Morgan fingerprint density at radius 3 is 1.29 bits per heavy atom. The van der Waals surface area contributed by atoms with Gasteiger partial charge in [-0.05, 0) is 36.8 Å². The molecule has 0 aliphatic rings. The smallest absolute Gasteiger partial charge is 0.418 e. The van der Waals surface area contributed by atoms with Gasteiger partial charge in [-0.2, -0.15) is 0 Å². The van der Waals surface area contributed by atoms with Gasteiger partial charge in [0.15, 0.2) is 0 Å². The van der Waals surface area contributed by atoms with Crippen molar-refractivity contribution in [1.29, 1.82) is 0 Å². The number of rotatable bonds is 4. The van der Waals surface area contributed by atoms with Crippen LogP contribution < -0.4 is 0 Å². The Balaban J connectivity index is 0.00000324. The average molecular weight is 547 g/mol. The van der Waals surface area contributed by atoms with E-state index >= 15 is 0 Å². The minimum absolute atomic E-state index is 0. The van der Waals surface area contributed by atoms with E-state index in [0.717, 1.165) is 34.4 Å². The fourth-order valence-corrected chi connectivity index (χ4v) is 3.48. The maximum Gasteiger partial charge on any atom is 2.00 e. The molecule has 4 rings (SSSR count). The predicted molar refractivity (Wildman–Crippen MR) is 130 cm³/mol. The van der Waals surface area contributed by atoms with Gasteiger partial charge in [0.2, 0.25) is 0 Å². The molecule has 0 atom stereocenters. The molecular weight excluding hydrogens is 515 g/mol. The Hall–Kier alpha value is -2.62. The molecule has 0 spiro atoms. The topological polar surface area (TPSA) is 61.4 Å². The Morgan fingerprint density at radius 2 is 0.971 bits per heavy atom. The number of aromatic nitrogens is 6. The van der Waals surface area contributed by atoms with Gasteiger partial charge in [-0.25, -0.2) is 0 Å². The van der Waals surface area contributed by atoms with E-state index in [2.05, 4.69) is 78.0 Å². The van der Waals surface area contributed by atoms with E-state index in [9.17, 15) is 0 Å². The zero-order chi connectivity index (χ0) is 24.0. The molecule has 0 saturated heterocycles. The van der Waals surface area contributed by atoms with Gasteiger partial charge >= 0.3 is 20.4 Å². The monoisotopic (exact) mass is 546 g/mol. The number of imidazole rings is 2. The number of hydrogen-bond donors (Lipinski definition) is 0. The van der Waals surface area contributed by atoms with E-state index in [-0.39, 0.29) is 31.3 Å². The molecule has 4 aromatic heterocycles. The summed E-state index contributed by atoms with van der Waals surface area (Å²) in [4.78, 5) is 18.8. The van der Waals surface area contributed by atoms with Crippen LogP contribution in [0.25, 0.3) is 11.6 Å². The van der Waals surface area contributed by atoms with E-state index in [4.69, 9.17) is 9.97 Å². The van der Waals surface area contributed by atoms with Crippen LogP contribution in [-0.4, -0.2) is 29.1 Å². The van der Waals surface area contributed by atoms with Crippen molar-refractivity contribution in [2.75, 3.05) is 0 Å². The largest absolute Gasteiger partial charge is 2.00 e. The fourth-order valence-electron chi connectivity index (χ4n) is 3.48. The molecule has 0 unspecified atom stereocenters. The molecule has 0 N–H and O–H groups in total. The Morgan fingerprint density at radius 1 is 0.588 bits per heavy atom.